The van der Waals surface area contributed by atoms with Gasteiger partial charge in [-0.2, -0.15) is 5.10 Å². The zero-order valence-electron chi connectivity index (χ0n) is 21.7. The fraction of sp³-hybridized carbons (Fsp3) is 0.214. The van der Waals surface area contributed by atoms with Gasteiger partial charge in [0.25, 0.3) is 11.8 Å². The van der Waals surface area contributed by atoms with Crippen molar-refractivity contribution in [1.29, 1.82) is 0 Å². The number of hydrogen-bond acceptors (Lipinski definition) is 8. The highest BCUT2D eigenvalue weighted by atomic mass is 79.9. The van der Waals surface area contributed by atoms with Gasteiger partial charge < -0.3 is 24.3 Å². The normalized spacial score (nSPS) is 10.6. The molecule has 0 aromatic heterocycles. The highest BCUT2D eigenvalue weighted by Crippen LogP contribution is 2.27. The number of nitrogens with zero attached hydrogens (tertiary/aromatic N) is 1. The standard InChI is InChI=1S/C28H28BrN3O7/c1-4-13-38-22-9-5-18(6-10-22)28(35)39-23-12-8-21(29)14-20(23)16-31-32-26(33)17-30-27(34)19-7-11-24(36-2)25(15-19)37-3/h5-12,14-16H,4,13,17H2,1-3H3,(H,30,34)(H,32,33)/b31-16-. The maximum Gasteiger partial charge on any atom is 0.343 e. The van der Waals surface area contributed by atoms with E-state index in [1.807, 2.05) is 6.92 Å². The van der Waals surface area contributed by atoms with E-state index in [9.17, 15) is 14.4 Å². The van der Waals surface area contributed by atoms with Gasteiger partial charge in [-0.15, -0.1) is 0 Å². The quantitative estimate of drug-likeness (QED) is 0.138. The number of halogens is 1. The molecule has 0 unspecified atom stereocenters. The Bertz CT molecular complexity index is 1340. The molecule has 0 aliphatic rings. The lowest BCUT2D eigenvalue weighted by atomic mass is 10.2. The number of esters is 1. The molecule has 0 heterocycles. The van der Waals surface area contributed by atoms with E-state index in [0.717, 1.165) is 10.9 Å². The van der Waals surface area contributed by atoms with Crippen molar-refractivity contribution in [3.05, 3.63) is 81.8 Å². The number of nitrogens with one attached hydrogen (secondary N) is 2. The maximum absolute atomic E-state index is 12.7. The highest BCUT2D eigenvalue weighted by molar-refractivity contribution is 9.10. The van der Waals surface area contributed by atoms with Crippen LogP contribution in [0.3, 0.4) is 0 Å². The molecule has 2 N–H and O–H groups in total. The molecule has 3 aromatic rings. The number of ether oxygens (including phenoxy) is 4. The minimum atomic E-state index is -0.559. The summed E-state index contributed by atoms with van der Waals surface area (Å²) in [5.74, 6) is 0.197. The van der Waals surface area contributed by atoms with Crippen LogP contribution in [0.15, 0.2) is 70.2 Å². The summed E-state index contributed by atoms with van der Waals surface area (Å²) >= 11 is 3.37. The van der Waals surface area contributed by atoms with E-state index in [4.69, 9.17) is 18.9 Å². The van der Waals surface area contributed by atoms with Crippen LogP contribution in [0.5, 0.6) is 23.0 Å². The molecule has 3 rings (SSSR count). The minimum Gasteiger partial charge on any atom is -0.494 e. The Morgan fingerprint density at radius 1 is 0.897 bits per heavy atom. The van der Waals surface area contributed by atoms with Gasteiger partial charge in [0.2, 0.25) is 0 Å². The van der Waals surface area contributed by atoms with Crippen molar-refractivity contribution in [1.82, 2.24) is 10.7 Å². The number of hydrazone groups is 1. The fourth-order valence-electron chi connectivity index (χ4n) is 3.23. The predicted molar refractivity (Wildman–Crippen MR) is 149 cm³/mol. The maximum atomic E-state index is 12.7. The SMILES string of the molecule is CCCOc1ccc(C(=O)Oc2ccc(Br)cc2/C=N\NC(=O)CNC(=O)c2ccc(OC)c(OC)c2)cc1. The van der Waals surface area contributed by atoms with Gasteiger partial charge in [-0.05, 0) is 67.1 Å². The van der Waals surface area contributed by atoms with Crippen LogP contribution in [0, 0.1) is 0 Å². The van der Waals surface area contributed by atoms with Crippen molar-refractivity contribution < 1.29 is 33.3 Å². The third-order valence-corrected chi connectivity index (χ3v) is 5.68. The predicted octanol–water partition coefficient (Wildman–Crippen LogP) is 4.35. The molecule has 0 saturated heterocycles. The van der Waals surface area contributed by atoms with Crippen LogP contribution in [-0.2, 0) is 4.79 Å². The van der Waals surface area contributed by atoms with Gasteiger partial charge in [0.1, 0.15) is 11.5 Å². The van der Waals surface area contributed by atoms with Gasteiger partial charge in [-0.25, -0.2) is 10.2 Å². The van der Waals surface area contributed by atoms with Crippen molar-refractivity contribution in [3.63, 3.8) is 0 Å². The molecule has 0 fully saturated rings. The molecule has 0 atom stereocenters. The lowest BCUT2D eigenvalue weighted by Crippen LogP contribution is -2.34. The second-order valence-corrected chi connectivity index (χ2v) is 8.91. The second kappa shape index (κ2) is 14.5. The first-order valence-electron chi connectivity index (χ1n) is 11.9. The zero-order chi connectivity index (χ0) is 28.2. The van der Waals surface area contributed by atoms with Crippen molar-refractivity contribution in [2.45, 2.75) is 13.3 Å². The Balaban J connectivity index is 1.57. The summed E-state index contributed by atoms with van der Waals surface area (Å²) in [5.41, 5.74) is 3.42. The van der Waals surface area contributed by atoms with E-state index in [2.05, 4.69) is 31.8 Å². The van der Waals surface area contributed by atoms with Crippen molar-refractivity contribution in [2.24, 2.45) is 5.10 Å². The lowest BCUT2D eigenvalue weighted by molar-refractivity contribution is -0.120. The van der Waals surface area contributed by atoms with Crippen molar-refractivity contribution in [3.8, 4) is 23.0 Å². The Morgan fingerprint density at radius 3 is 2.28 bits per heavy atom. The van der Waals surface area contributed by atoms with Crippen LogP contribution < -0.4 is 29.7 Å². The van der Waals surface area contributed by atoms with Gasteiger partial charge in [-0.3, -0.25) is 9.59 Å². The summed E-state index contributed by atoms with van der Waals surface area (Å²) in [6.45, 7) is 2.28. The molecule has 0 aliphatic heterocycles. The van der Waals surface area contributed by atoms with Gasteiger partial charge >= 0.3 is 5.97 Å². The van der Waals surface area contributed by atoms with E-state index < -0.39 is 17.8 Å². The number of carbonyl (C=O) groups is 3. The van der Waals surface area contributed by atoms with Crippen LogP contribution in [-0.4, -0.2) is 51.4 Å². The summed E-state index contributed by atoms with van der Waals surface area (Å²) < 4.78 is 22.1. The molecule has 0 radical (unpaired) electrons. The summed E-state index contributed by atoms with van der Waals surface area (Å²) in [6, 6.07) is 16.3. The van der Waals surface area contributed by atoms with Crippen LogP contribution in [0.2, 0.25) is 0 Å². The molecule has 11 heteroatoms. The van der Waals surface area contributed by atoms with Crippen molar-refractivity contribution >= 4 is 39.9 Å². The minimum absolute atomic E-state index is 0.245. The molecule has 0 aliphatic carbocycles. The molecule has 0 spiro atoms. The molecule has 0 saturated carbocycles. The zero-order valence-corrected chi connectivity index (χ0v) is 23.2. The number of rotatable bonds is 12. The van der Waals surface area contributed by atoms with E-state index in [-0.39, 0.29) is 12.3 Å². The van der Waals surface area contributed by atoms with Crippen LogP contribution in [0.25, 0.3) is 0 Å². The molecule has 3 aromatic carbocycles. The number of methoxy groups -OCH3 is 2. The Kier molecular flexibility index (Phi) is 10.9. The Morgan fingerprint density at radius 2 is 1.59 bits per heavy atom. The third kappa shape index (κ3) is 8.57. The van der Waals surface area contributed by atoms with Crippen LogP contribution in [0.1, 0.15) is 39.6 Å². The fourth-order valence-corrected chi connectivity index (χ4v) is 3.61. The topological polar surface area (TPSA) is 125 Å². The molecule has 0 bridgehead atoms. The molecule has 39 heavy (non-hydrogen) atoms. The molecule has 2 amide bonds. The van der Waals surface area contributed by atoms with E-state index in [1.165, 1.54) is 26.5 Å². The number of amides is 2. The van der Waals surface area contributed by atoms with Crippen LogP contribution >= 0.6 is 15.9 Å². The number of benzene rings is 3. The number of carbonyl (C=O) groups excluding carboxylic acids is 3. The summed E-state index contributed by atoms with van der Waals surface area (Å²) in [7, 11) is 2.95. The highest BCUT2D eigenvalue weighted by Gasteiger charge is 2.13. The monoisotopic (exact) mass is 597 g/mol. The van der Waals surface area contributed by atoms with E-state index in [1.54, 1.807) is 54.6 Å². The first kappa shape index (κ1) is 29.2. The average Bonchev–Trinajstić information content (AvgIpc) is 2.95. The van der Waals surface area contributed by atoms with Crippen LogP contribution in [0.4, 0.5) is 0 Å². The summed E-state index contributed by atoms with van der Waals surface area (Å²) in [4.78, 5) is 37.3. The summed E-state index contributed by atoms with van der Waals surface area (Å²) in [6.07, 6.45) is 2.22. The summed E-state index contributed by atoms with van der Waals surface area (Å²) in [5, 5.41) is 6.43. The van der Waals surface area contributed by atoms with Gasteiger partial charge in [0, 0.05) is 15.6 Å². The Hall–Kier alpha value is -4.38. The third-order valence-electron chi connectivity index (χ3n) is 5.19. The largest absolute Gasteiger partial charge is 0.494 e. The first-order chi connectivity index (χ1) is 18.8. The average molecular weight is 598 g/mol. The van der Waals surface area contributed by atoms with Gasteiger partial charge in [0.05, 0.1) is 39.1 Å². The second-order valence-electron chi connectivity index (χ2n) is 7.99. The molecular formula is C28H28BrN3O7. The van der Waals surface area contributed by atoms with E-state index in [0.29, 0.717) is 40.5 Å². The van der Waals surface area contributed by atoms with Crippen molar-refractivity contribution in [2.75, 3.05) is 27.4 Å². The smallest absolute Gasteiger partial charge is 0.343 e. The molecule has 204 valence electrons. The Labute approximate surface area is 234 Å². The molecular weight excluding hydrogens is 570 g/mol. The van der Waals surface area contributed by atoms with Gasteiger partial charge in [-0.1, -0.05) is 22.9 Å². The van der Waals surface area contributed by atoms with Gasteiger partial charge in [0.15, 0.2) is 11.5 Å². The number of hydrogen-bond donors (Lipinski definition) is 2. The molecule has 10 nitrogen and oxygen atoms in total. The lowest BCUT2D eigenvalue weighted by Gasteiger charge is -2.10. The van der Waals surface area contributed by atoms with E-state index >= 15 is 0 Å². The first-order valence-corrected chi connectivity index (χ1v) is 12.7.